The van der Waals surface area contributed by atoms with E-state index in [4.69, 9.17) is 0 Å². The van der Waals surface area contributed by atoms with Crippen molar-refractivity contribution in [1.29, 1.82) is 0 Å². The molecule has 7 heteroatoms. The quantitative estimate of drug-likeness (QED) is 0.769. The standard InChI is InChI=1S/C13H22N4O3/c1-8(15-12(19)20-5)11(18)14-7-9-6-10(17-16-9)13(2,3)4/h6,8H,7H2,1-5H3,(H,14,18)(H,15,19)(H,16,17). The largest absolute Gasteiger partial charge is 0.453 e. The molecule has 0 bridgehead atoms. The average Bonchev–Trinajstić information content (AvgIpc) is 2.84. The number of aromatic nitrogens is 2. The number of nitrogens with zero attached hydrogens (tertiary/aromatic N) is 1. The maximum atomic E-state index is 11.8. The van der Waals surface area contributed by atoms with Crippen LogP contribution in [0.3, 0.4) is 0 Å². The van der Waals surface area contributed by atoms with Gasteiger partial charge in [0.05, 0.1) is 25.0 Å². The normalized spacial score (nSPS) is 12.7. The maximum absolute atomic E-state index is 11.8. The lowest BCUT2D eigenvalue weighted by molar-refractivity contribution is -0.122. The lowest BCUT2D eigenvalue weighted by atomic mass is 9.92. The molecule has 0 spiro atoms. The molecule has 2 amide bonds. The smallest absolute Gasteiger partial charge is 0.407 e. The van der Waals surface area contributed by atoms with Gasteiger partial charge >= 0.3 is 6.09 Å². The van der Waals surface area contributed by atoms with Crippen LogP contribution in [0.4, 0.5) is 4.79 Å². The zero-order valence-corrected chi connectivity index (χ0v) is 12.5. The van der Waals surface area contributed by atoms with E-state index in [9.17, 15) is 9.59 Å². The summed E-state index contributed by atoms with van der Waals surface area (Å²) >= 11 is 0. The Morgan fingerprint density at radius 2 is 2.10 bits per heavy atom. The maximum Gasteiger partial charge on any atom is 0.407 e. The van der Waals surface area contributed by atoms with Gasteiger partial charge in [-0.15, -0.1) is 0 Å². The van der Waals surface area contributed by atoms with Crippen LogP contribution in [0.25, 0.3) is 0 Å². The summed E-state index contributed by atoms with van der Waals surface area (Å²) < 4.78 is 4.43. The zero-order chi connectivity index (χ0) is 15.3. The summed E-state index contributed by atoms with van der Waals surface area (Å²) in [5, 5.41) is 12.2. The summed E-state index contributed by atoms with van der Waals surface area (Å²) in [6.45, 7) is 8.10. The molecule has 0 aliphatic carbocycles. The van der Waals surface area contributed by atoms with E-state index in [0.29, 0.717) is 6.54 Å². The number of hydrogen-bond acceptors (Lipinski definition) is 4. The van der Waals surface area contributed by atoms with Gasteiger partial charge in [0.15, 0.2) is 0 Å². The van der Waals surface area contributed by atoms with Crippen molar-refractivity contribution in [3.8, 4) is 0 Å². The Bertz CT molecular complexity index is 476. The molecule has 0 radical (unpaired) electrons. The molecule has 1 heterocycles. The summed E-state index contributed by atoms with van der Waals surface area (Å²) in [5.74, 6) is -0.290. The SMILES string of the molecule is COC(=O)NC(C)C(=O)NCc1cc(C(C)(C)C)n[nH]1. The highest BCUT2D eigenvalue weighted by Gasteiger charge is 2.18. The summed E-state index contributed by atoms with van der Waals surface area (Å²) in [6.07, 6.45) is -0.635. The average molecular weight is 282 g/mol. The topological polar surface area (TPSA) is 96.1 Å². The Labute approximate surface area is 118 Å². The first-order valence-corrected chi connectivity index (χ1v) is 6.41. The van der Waals surface area contributed by atoms with Crippen LogP contribution in [0.2, 0.25) is 0 Å². The fraction of sp³-hybridized carbons (Fsp3) is 0.615. The monoisotopic (exact) mass is 282 g/mol. The molecule has 7 nitrogen and oxygen atoms in total. The second-order valence-corrected chi connectivity index (χ2v) is 5.60. The van der Waals surface area contributed by atoms with Gasteiger partial charge < -0.3 is 15.4 Å². The Balaban J connectivity index is 2.49. The molecule has 0 aliphatic heterocycles. The third kappa shape index (κ3) is 4.56. The van der Waals surface area contributed by atoms with Crippen molar-refractivity contribution < 1.29 is 14.3 Å². The second kappa shape index (κ2) is 6.40. The first-order valence-electron chi connectivity index (χ1n) is 6.41. The third-order valence-electron chi connectivity index (χ3n) is 2.77. The molecule has 1 atom stereocenters. The van der Waals surface area contributed by atoms with Crippen molar-refractivity contribution in [1.82, 2.24) is 20.8 Å². The number of carbonyl (C=O) groups is 2. The van der Waals surface area contributed by atoms with E-state index < -0.39 is 12.1 Å². The van der Waals surface area contributed by atoms with E-state index in [1.54, 1.807) is 6.92 Å². The fourth-order valence-corrected chi connectivity index (χ4v) is 1.47. The number of aromatic amines is 1. The molecule has 0 saturated heterocycles. The van der Waals surface area contributed by atoms with Gasteiger partial charge in [0, 0.05) is 5.41 Å². The molecular weight excluding hydrogens is 260 g/mol. The number of ether oxygens (including phenoxy) is 1. The number of rotatable bonds is 4. The van der Waals surface area contributed by atoms with Crippen LogP contribution in [-0.4, -0.2) is 35.3 Å². The Hall–Kier alpha value is -2.05. The number of nitrogens with one attached hydrogen (secondary N) is 3. The van der Waals surface area contributed by atoms with E-state index in [1.165, 1.54) is 7.11 Å². The van der Waals surface area contributed by atoms with Crippen molar-refractivity contribution in [2.45, 2.75) is 45.7 Å². The van der Waals surface area contributed by atoms with Crippen LogP contribution in [0.5, 0.6) is 0 Å². The molecule has 1 aromatic rings. The zero-order valence-electron chi connectivity index (χ0n) is 12.5. The van der Waals surface area contributed by atoms with Gasteiger partial charge in [0.25, 0.3) is 0 Å². The number of alkyl carbamates (subject to hydrolysis) is 1. The molecule has 0 aliphatic rings. The fourth-order valence-electron chi connectivity index (χ4n) is 1.47. The second-order valence-electron chi connectivity index (χ2n) is 5.60. The minimum atomic E-state index is -0.660. The van der Waals surface area contributed by atoms with Crippen molar-refractivity contribution in [3.63, 3.8) is 0 Å². The first-order chi connectivity index (χ1) is 9.24. The lowest BCUT2D eigenvalue weighted by Crippen LogP contribution is -2.44. The molecule has 1 unspecified atom stereocenters. The number of methoxy groups -OCH3 is 1. The molecule has 20 heavy (non-hydrogen) atoms. The summed E-state index contributed by atoms with van der Waals surface area (Å²) in [4.78, 5) is 22.7. The van der Waals surface area contributed by atoms with Crippen LogP contribution in [0.1, 0.15) is 39.1 Å². The van der Waals surface area contributed by atoms with Crippen LogP contribution >= 0.6 is 0 Å². The van der Waals surface area contributed by atoms with Crippen molar-refractivity contribution >= 4 is 12.0 Å². The molecule has 0 fully saturated rings. The van der Waals surface area contributed by atoms with E-state index in [2.05, 4.69) is 46.3 Å². The Morgan fingerprint density at radius 3 is 2.60 bits per heavy atom. The van der Waals surface area contributed by atoms with Gasteiger partial charge in [-0.2, -0.15) is 5.10 Å². The van der Waals surface area contributed by atoms with Gasteiger partial charge in [0.1, 0.15) is 6.04 Å². The molecule has 112 valence electrons. The predicted octanol–water partition coefficient (Wildman–Crippen LogP) is 1.07. The highest BCUT2D eigenvalue weighted by Crippen LogP contribution is 2.20. The van der Waals surface area contributed by atoms with Crippen molar-refractivity contribution in [3.05, 3.63) is 17.5 Å². The Morgan fingerprint density at radius 1 is 1.45 bits per heavy atom. The summed E-state index contributed by atoms with van der Waals surface area (Å²) in [6, 6.07) is 1.26. The Kier molecular flexibility index (Phi) is 5.12. The highest BCUT2D eigenvalue weighted by molar-refractivity contribution is 5.85. The first kappa shape index (κ1) is 16.0. The van der Waals surface area contributed by atoms with Gasteiger partial charge in [-0.25, -0.2) is 4.79 Å². The van der Waals surface area contributed by atoms with Crippen LogP contribution in [0, 0.1) is 0 Å². The molecule has 0 aromatic carbocycles. The van der Waals surface area contributed by atoms with Gasteiger partial charge in [0.2, 0.25) is 5.91 Å². The molecule has 0 saturated carbocycles. The third-order valence-corrected chi connectivity index (χ3v) is 2.77. The number of H-pyrrole nitrogens is 1. The number of hydrogen-bond donors (Lipinski definition) is 3. The van der Waals surface area contributed by atoms with Crippen molar-refractivity contribution in [2.75, 3.05) is 7.11 Å². The van der Waals surface area contributed by atoms with Gasteiger partial charge in [-0.1, -0.05) is 20.8 Å². The van der Waals surface area contributed by atoms with Crippen molar-refractivity contribution in [2.24, 2.45) is 0 Å². The molecule has 1 rings (SSSR count). The summed E-state index contributed by atoms with van der Waals surface area (Å²) in [7, 11) is 1.25. The van der Waals surface area contributed by atoms with E-state index in [0.717, 1.165) is 11.4 Å². The van der Waals surface area contributed by atoms with E-state index >= 15 is 0 Å². The molecule has 1 aromatic heterocycles. The highest BCUT2D eigenvalue weighted by atomic mass is 16.5. The number of amides is 2. The van der Waals surface area contributed by atoms with Gasteiger partial charge in [-0.05, 0) is 13.0 Å². The molecule has 3 N–H and O–H groups in total. The van der Waals surface area contributed by atoms with Crippen LogP contribution in [0.15, 0.2) is 6.07 Å². The predicted molar refractivity (Wildman–Crippen MR) is 74.1 cm³/mol. The number of carbonyl (C=O) groups excluding carboxylic acids is 2. The summed E-state index contributed by atoms with van der Waals surface area (Å²) in [5.41, 5.74) is 1.70. The minimum Gasteiger partial charge on any atom is -0.453 e. The molecular formula is C13H22N4O3. The minimum absolute atomic E-state index is 0.0432. The van der Waals surface area contributed by atoms with Crippen LogP contribution < -0.4 is 10.6 Å². The van der Waals surface area contributed by atoms with Gasteiger partial charge in [-0.3, -0.25) is 9.89 Å². The van der Waals surface area contributed by atoms with E-state index in [1.807, 2.05) is 6.07 Å². The van der Waals surface area contributed by atoms with E-state index in [-0.39, 0.29) is 11.3 Å². The van der Waals surface area contributed by atoms with Crippen LogP contribution in [-0.2, 0) is 21.5 Å². The lowest BCUT2D eigenvalue weighted by Gasteiger charge is -2.14.